The summed E-state index contributed by atoms with van der Waals surface area (Å²) in [6, 6.07) is 3.38. The van der Waals surface area contributed by atoms with Gasteiger partial charge in [-0.05, 0) is 43.1 Å². The second-order valence-corrected chi connectivity index (χ2v) is 8.02. The van der Waals surface area contributed by atoms with E-state index >= 15 is 0 Å². The molecular formula is C15H27N4O3S+. The van der Waals surface area contributed by atoms with Gasteiger partial charge in [0.2, 0.25) is 0 Å². The van der Waals surface area contributed by atoms with E-state index in [0.29, 0.717) is 17.5 Å². The predicted molar refractivity (Wildman–Crippen MR) is 88.0 cm³/mol. The van der Waals surface area contributed by atoms with Gasteiger partial charge in [-0.1, -0.05) is 22.5 Å². The predicted octanol–water partition coefficient (Wildman–Crippen LogP) is 0.935. The molecule has 5 N–H and O–H groups in total. The number of nitrogens with two attached hydrogens (primary N) is 2. The first kappa shape index (κ1) is 18.3. The fourth-order valence-electron chi connectivity index (χ4n) is 3.31. The van der Waals surface area contributed by atoms with Crippen molar-refractivity contribution in [3.8, 4) is 0 Å². The van der Waals surface area contributed by atoms with Crippen molar-refractivity contribution in [1.82, 2.24) is 5.32 Å². The quantitative estimate of drug-likeness (QED) is 0.557. The van der Waals surface area contributed by atoms with E-state index < -0.39 is 21.0 Å². The third-order valence-corrected chi connectivity index (χ3v) is 6.02. The van der Waals surface area contributed by atoms with Crippen LogP contribution in [0.25, 0.3) is 0 Å². The van der Waals surface area contributed by atoms with Crippen LogP contribution in [-0.4, -0.2) is 31.5 Å². The summed E-state index contributed by atoms with van der Waals surface area (Å²) in [6.45, 7) is 9.04. The largest absolute Gasteiger partial charge is 0.345 e. The maximum atomic E-state index is 12.9. The average molecular weight is 343 g/mol. The van der Waals surface area contributed by atoms with E-state index in [1.807, 2.05) is 26.0 Å². The number of nitrogens with zero attached hydrogens (tertiary/aromatic N) is 1. The Labute approximate surface area is 138 Å². The molecule has 4 unspecified atom stereocenters. The van der Waals surface area contributed by atoms with Gasteiger partial charge in [-0.25, -0.2) is 5.32 Å². The first-order chi connectivity index (χ1) is 10.5. The first-order valence-corrected chi connectivity index (χ1v) is 9.11. The van der Waals surface area contributed by atoms with Crippen LogP contribution in [-0.2, 0) is 14.4 Å². The summed E-state index contributed by atoms with van der Waals surface area (Å²) < 4.78 is 30.6. The minimum atomic E-state index is -4.01. The lowest BCUT2D eigenvalue weighted by Gasteiger charge is -2.44. The Morgan fingerprint density at radius 2 is 1.74 bits per heavy atom. The molecule has 0 saturated carbocycles. The molecule has 0 aromatic heterocycles. The highest BCUT2D eigenvalue weighted by Crippen LogP contribution is 2.29. The maximum absolute atomic E-state index is 12.9. The molecule has 0 radical (unpaired) electrons. The Balaban J connectivity index is 2.42. The monoisotopic (exact) mass is 343 g/mol. The standard InChI is InChI=1S/C15H27N4O3S/c1-9-6-10(2)15(11(3)7-9)23(20,21)22-19(17)12(4)8-14(16)18-13(19)5/h6-7,12-14,18H,8,16-17H2,1-5H3/q+1. The van der Waals surface area contributed by atoms with Crippen LogP contribution in [0.15, 0.2) is 17.0 Å². The molecule has 130 valence electrons. The lowest BCUT2D eigenvalue weighted by atomic mass is 10.1. The number of quaternary nitrogens is 1. The van der Waals surface area contributed by atoms with Crippen molar-refractivity contribution in [2.24, 2.45) is 11.6 Å². The van der Waals surface area contributed by atoms with Crippen LogP contribution in [0.4, 0.5) is 0 Å². The summed E-state index contributed by atoms with van der Waals surface area (Å²) in [4.78, 5) is 0.181. The number of rotatable bonds is 3. The van der Waals surface area contributed by atoms with E-state index in [1.54, 1.807) is 20.8 Å². The number of hydroxylamine groups is 2. The fourth-order valence-corrected chi connectivity index (χ4v) is 4.91. The fraction of sp³-hybridized carbons (Fsp3) is 0.600. The molecule has 8 heteroatoms. The lowest BCUT2D eigenvalue weighted by Crippen LogP contribution is -2.75. The zero-order valence-corrected chi connectivity index (χ0v) is 15.1. The van der Waals surface area contributed by atoms with Gasteiger partial charge in [0.1, 0.15) is 10.9 Å². The molecule has 1 aliphatic rings. The van der Waals surface area contributed by atoms with Gasteiger partial charge in [0.05, 0.1) is 6.17 Å². The number of hydrogen-bond donors (Lipinski definition) is 3. The van der Waals surface area contributed by atoms with Crippen molar-refractivity contribution in [2.75, 3.05) is 0 Å². The minimum Gasteiger partial charge on any atom is -0.316 e. The van der Waals surface area contributed by atoms with Gasteiger partial charge in [-0.3, -0.25) is 0 Å². The normalized spacial score (nSPS) is 32.0. The second kappa shape index (κ2) is 6.12. The molecule has 0 aliphatic carbocycles. The molecule has 0 bridgehead atoms. The van der Waals surface area contributed by atoms with Crippen LogP contribution in [0.3, 0.4) is 0 Å². The Morgan fingerprint density at radius 1 is 1.22 bits per heavy atom. The topological polar surface area (TPSA) is 107 Å². The van der Waals surface area contributed by atoms with Crippen LogP contribution in [0.1, 0.15) is 37.0 Å². The maximum Gasteiger partial charge on any atom is 0.345 e. The zero-order valence-electron chi connectivity index (χ0n) is 14.3. The molecular weight excluding hydrogens is 316 g/mol. The minimum absolute atomic E-state index is 0.181. The summed E-state index contributed by atoms with van der Waals surface area (Å²) in [5, 5.41) is 3.05. The summed E-state index contributed by atoms with van der Waals surface area (Å²) in [5.41, 5.74) is 8.20. The van der Waals surface area contributed by atoms with Gasteiger partial charge in [0.15, 0.2) is 6.17 Å². The van der Waals surface area contributed by atoms with Gasteiger partial charge < -0.3 is 5.73 Å². The lowest BCUT2D eigenvalue weighted by molar-refractivity contribution is -1.13. The van der Waals surface area contributed by atoms with E-state index in [1.165, 1.54) is 0 Å². The molecule has 1 heterocycles. The van der Waals surface area contributed by atoms with Gasteiger partial charge in [-0.2, -0.15) is 8.42 Å². The Bertz CT molecular complexity index is 670. The summed E-state index contributed by atoms with van der Waals surface area (Å²) in [5.74, 6) is 6.28. The van der Waals surface area contributed by atoms with Crippen LogP contribution in [0.2, 0.25) is 0 Å². The Morgan fingerprint density at radius 3 is 2.22 bits per heavy atom. The van der Waals surface area contributed by atoms with E-state index in [2.05, 4.69) is 5.32 Å². The highest BCUT2D eigenvalue weighted by atomic mass is 32.2. The molecule has 0 spiro atoms. The van der Waals surface area contributed by atoms with Crippen LogP contribution in [0.5, 0.6) is 0 Å². The zero-order chi connectivity index (χ0) is 17.6. The average Bonchev–Trinajstić information content (AvgIpc) is 2.33. The Hall–Kier alpha value is -1.03. The molecule has 4 atom stereocenters. The third kappa shape index (κ3) is 3.42. The Kier molecular flexibility index (Phi) is 4.87. The van der Waals surface area contributed by atoms with Crippen LogP contribution in [0, 0.1) is 20.8 Å². The second-order valence-electron chi connectivity index (χ2n) is 6.55. The van der Waals surface area contributed by atoms with Crippen LogP contribution < -0.4 is 16.9 Å². The van der Waals surface area contributed by atoms with Gasteiger partial charge >= 0.3 is 10.1 Å². The van der Waals surface area contributed by atoms with Gasteiger partial charge in [0.25, 0.3) is 0 Å². The number of benzene rings is 1. The van der Waals surface area contributed by atoms with Crippen molar-refractivity contribution in [2.45, 2.75) is 64.3 Å². The number of nitrogens with one attached hydrogen (secondary N) is 1. The number of hydrogen-bond acceptors (Lipinski definition) is 6. The van der Waals surface area contributed by atoms with E-state index in [4.69, 9.17) is 15.9 Å². The highest BCUT2D eigenvalue weighted by Gasteiger charge is 2.49. The van der Waals surface area contributed by atoms with E-state index in [0.717, 1.165) is 5.56 Å². The molecule has 1 aromatic carbocycles. The summed E-state index contributed by atoms with van der Waals surface area (Å²) >= 11 is 0. The van der Waals surface area contributed by atoms with Crippen molar-refractivity contribution in [1.29, 1.82) is 0 Å². The number of aryl methyl sites for hydroxylation is 3. The highest BCUT2D eigenvalue weighted by molar-refractivity contribution is 7.86. The molecule has 0 amide bonds. The molecule has 7 nitrogen and oxygen atoms in total. The summed E-state index contributed by atoms with van der Waals surface area (Å²) in [6.07, 6.45) is -0.166. The van der Waals surface area contributed by atoms with Crippen molar-refractivity contribution in [3.63, 3.8) is 0 Å². The molecule has 23 heavy (non-hydrogen) atoms. The van der Waals surface area contributed by atoms with Crippen molar-refractivity contribution < 1.29 is 17.5 Å². The summed E-state index contributed by atoms with van der Waals surface area (Å²) in [7, 11) is -4.01. The molecule has 1 aliphatic heterocycles. The smallest absolute Gasteiger partial charge is 0.316 e. The molecule has 1 aromatic rings. The van der Waals surface area contributed by atoms with Gasteiger partial charge in [-0.15, -0.1) is 5.84 Å². The van der Waals surface area contributed by atoms with Gasteiger partial charge in [0, 0.05) is 13.3 Å². The van der Waals surface area contributed by atoms with Crippen molar-refractivity contribution >= 4 is 10.1 Å². The molecule has 1 saturated heterocycles. The van der Waals surface area contributed by atoms with E-state index in [9.17, 15) is 8.42 Å². The van der Waals surface area contributed by atoms with Crippen molar-refractivity contribution in [3.05, 3.63) is 28.8 Å². The molecule has 2 rings (SSSR count). The SMILES string of the molecule is Cc1cc(C)c(S(=O)(=O)O[N+]2(N)C(C)CC(N)NC2C)c(C)c1. The van der Waals surface area contributed by atoms with Crippen LogP contribution >= 0.6 is 0 Å². The molecule has 1 fully saturated rings. The third-order valence-electron chi connectivity index (χ3n) is 4.43. The van der Waals surface area contributed by atoms with E-state index in [-0.39, 0.29) is 17.1 Å². The first-order valence-electron chi connectivity index (χ1n) is 7.70.